The first kappa shape index (κ1) is 20.2. The molecular weight excluding hydrogens is 380 g/mol. The van der Waals surface area contributed by atoms with Gasteiger partial charge >= 0.3 is 5.97 Å². The minimum atomic E-state index is -0.965. The monoisotopic (exact) mass is 397 g/mol. The lowest BCUT2D eigenvalue weighted by Crippen LogP contribution is -2.37. The zero-order valence-electron chi connectivity index (χ0n) is 14.3. The SMILES string of the molecule is CC(OC(=O)Cc1ccc(Cl)c(Cl)c1)C(=O)NC(C)c1ccc(F)cc1. The van der Waals surface area contributed by atoms with Gasteiger partial charge in [-0.25, -0.2) is 4.39 Å². The van der Waals surface area contributed by atoms with Crippen LogP contribution in [0.3, 0.4) is 0 Å². The average Bonchev–Trinajstić information content (AvgIpc) is 2.58. The highest BCUT2D eigenvalue weighted by Gasteiger charge is 2.20. The van der Waals surface area contributed by atoms with Crippen molar-refractivity contribution in [1.29, 1.82) is 0 Å². The van der Waals surface area contributed by atoms with E-state index < -0.39 is 18.0 Å². The second-order valence-electron chi connectivity index (χ2n) is 5.84. The predicted octanol–water partition coefficient (Wildman–Crippen LogP) is 4.48. The van der Waals surface area contributed by atoms with Gasteiger partial charge in [-0.2, -0.15) is 0 Å². The number of hydrogen-bond acceptors (Lipinski definition) is 3. The summed E-state index contributed by atoms with van der Waals surface area (Å²) < 4.78 is 18.1. The predicted molar refractivity (Wildman–Crippen MR) is 98.7 cm³/mol. The quantitative estimate of drug-likeness (QED) is 0.730. The smallest absolute Gasteiger partial charge is 0.311 e. The van der Waals surface area contributed by atoms with E-state index in [1.807, 2.05) is 0 Å². The number of esters is 1. The number of ether oxygens (including phenoxy) is 1. The second kappa shape index (κ2) is 9.01. The van der Waals surface area contributed by atoms with Gasteiger partial charge < -0.3 is 10.1 Å². The highest BCUT2D eigenvalue weighted by atomic mass is 35.5. The van der Waals surface area contributed by atoms with Crippen molar-refractivity contribution in [3.05, 3.63) is 69.5 Å². The van der Waals surface area contributed by atoms with Crippen LogP contribution in [0.4, 0.5) is 4.39 Å². The Bertz CT molecular complexity index is 796. The number of halogens is 3. The molecule has 138 valence electrons. The molecule has 0 aliphatic rings. The van der Waals surface area contributed by atoms with E-state index in [1.165, 1.54) is 19.1 Å². The van der Waals surface area contributed by atoms with Crippen LogP contribution in [0, 0.1) is 5.82 Å². The standard InChI is InChI=1S/C19H18Cl2FNO3/c1-11(14-4-6-15(22)7-5-14)23-19(25)12(2)26-18(24)10-13-3-8-16(20)17(21)9-13/h3-9,11-12H,10H2,1-2H3,(H,23,25). The fourth-order valence-electron chi connectivity index (χ4n) is 2.27. The molecule has 0 aromatic heterocycles. The molecule has 0 bridgehead atoms. The normalized spacial score (nSPS) is 13.0. The molecular formula is C19H18Cl2FNO3. The van der Waals surface area contributed by atoms with Crippen molar-refractivity contribution in [1.82, 2.24) is 5.32 Å². The lowest BCUT2D eigenvalue weighted by atomic mass is 10.1. The van der Waals surface area contributed by atoms with E-state index in [2.05, 4.69) is 5.32 Å². The third-order valence-electron chi connectivity index (χ3n) is 3.74. The van der Waals surface area contributed by atoms with Gasteiger partial charge in [0.1, 0.15) is 5.82 Å². The number of carbonyl (C=O) groups excluding carboxylic acids is 2. The summed E-state index contributed by atoms with van der Waals surface area (Å²) in [4.78, 5) is 24.2. The van der Waals surface area contributed by atoms with Crippen molar-refractivity contribution in [3.63, 3.8) is 0 Å². The molecule has 4 nitrogen and oxygen atoms in total. The number of benzene rings is 2. The van der Waals surface area contributed by atoms with Crippen LogP contribution in [0.25, 0.3) is 0 Å². The largest absolute Gasteiger partial charge is 0.452 e. The van der Waals surface area contributed by atoms with Crippen LogP contribution in [0.2, 0.25) is 10.0 Å². The van der Waals surface area contributed by atoms with E-state index in [0.29, 0.717) is 15.6 Å². The van der Waals surface area contributed by atoms with Crippen molar-refractivity contribution in [2.24, 2.45) is 0 Å². The van der Waals surface area contributed by atoms with Crippen LogP contribution in [-0.4, -0.2) is 18.0 Å². The number of amides is 1. The van der Waals surface area contributed by atoms with Gasteiger partial charge in [-0.05, 0) is 49.2 Å². The van der Waals surface area contributed by atoms with Gasteiger partial charge in [0.2, 0.25) is 0 Å². The Kier molecular flexibility index (Phi) is 7.00. The molecule has 26 heavy (non-hydrogen) atoms. The van der Waals surface area contributed by atoms with E-state index in [-0.39, 0.29) is 18.3 Å². The van der Waals surface area contributed by atoms with Crippen LogP contribution < -0.4 is 5.32 Å². The number of hydrogen-bond donors (Lipinski definition) is 1. The molecule has 1 amide bonds. The van der Waals surface area contributed by atoms with E-state index in [1.54, 1.807) is 37.3 Å². The highest BCUT2D eigenvalue weighted by molar-refractivity contribution is 6.42. The first-order valence-electron chi connectivity index (χ1n) is 7.95. The fraction of sp³-hybridized carbons (Fsp3) is 0.263. The molecule has 2 unspecified atom stereocenters. The zero-order chi connectivity index (χ0) is 19.3. The minimum Gasteiger partial charge on any atom is -0.452 e. The van der Waals surface area contributed by atoms with Crippen molar-refractivity contribution in [2.45, 2.75) is 32.4 Å². The molecule has 2 atom stereocenters. The van der Waals surface area contributed by atoms with Crippen molar-refractivity contribution < 1.29 is 18.7 Å². The van der Waals surface area contributed by atoms with Gasteiger partial charge in [-0.3, -0.25) is 9.59 Å². The topological polar surface area (TPSA) is 55.4 Å². The van der Waals surface area contributed by atoms with Crippen molar-refractivity contribution >= 4 is 35.1 Å². The fourth-order valence-corrected chi connectivity index (χ4v) is 2.59. The lowest BCUT2D eigenvalue weighted by Gasteiger charge is -2.18. The van der Waals surface area contributed by atoms with Gasteiger partial charge in [-0.15, -0.1) is 0 Å². The second-order valence-corrected chi connectivity index (χ2v) is 6.65. The maximum atomic E-state index is 12.9. The van der Waals surface area contributed by atoms with E-state index in [4.69, 9.17) is 27.9 Å². The lowest BCUT2D eigenvalue weighted by molar-refractivity contribution is -0.154. The number of carbonyl (C=O) groups is 2. The molecule has 7 heteroatoms. The summed E-state index contributed by atoms with van der Waals surface area (Å²) in [5.74, 6) is -1.35. The first-order chi connectivity index (χ1) is 12.3. The van der Waals surface area contributed by atoms with Crippen LogP contribution in [0.15, 0.2) is 42.5 Å². The summed E-state index contributed by atoms with van der Waals surface area (Å²) in [5, 5.41) is 3.46. The third-order valence-corrected chi connectivity index (χ3v) is 4.48. The molecule has 2 aromatic carbocycles. The molecule has 2 aromatic rings. The summed E-state index contributed by atoms with van der Waals surface area (Å²) in [6.45, 7) is 3.24. The van der Waals surface area contributed by atoms with Gasteiger partial charge in [0.25, 0.3) is 5.91 Å². The maximum Gasteiger partial charge on any atom is 0.311 e. The number of nitrogens with one attached hydrogen (secondary N) is 1. The average molecular weight is 398 g/mol. The molecule has 0 saturated carbocycles. The minimum absolute atomic E-state index is 0.0258. The van der Waals surface area contributed by atoms with Crippen LogP contribution in [0.1, 0.15) is 31.0 Å². The molecule has 0 fully saturated rings. The third kappa shape index (κ3) is 5.71. The Hall–Kier alpha value is -2.11. The molecule has 0 aliphatic carbocycles. The Balaban J connectivity index is 1.88. The molecule has 0 heterocycles. The molecule has 2 rings (SSSR count). The molecule has 1 N–H and O–H groups in total. The Labute approximate surface area is 161 Å². The summed E-state index contributed by atoms with van der Waals surface area (Å²) in [7, 11) is 0. The van der Waals surface area contributed by atoms with E-state index in [9.17, 15) is 14.0 Å². The van der Waals surface area contributed by atoms with Gasteiger partial charge in [0, 0.05) is 0 Å². The molecule has 0 radical (unpaired) electrons. The van der Waals surface area contributed by atoms with E-state index >= 15 is 0 Å². The zero-order valence-corrected chi connectivity index (χ0v) is 15.8. The molecule has 0 spiro atoms. The Morgan fingerprint density at radius 1 is 1.08 bits per heavy atom. The molecule has 0 saturated heterocycles. The summed E-state index contributed by atoms with van der Waals surface area (Å²) in [6.07, 6.45) is -0.990. The Morgan fingerprint density at radius 2 is 1.73 bits per heavy atom. The van der Waals surface area contributed by atoms with Crippen LogP contribution in [0.5, 0.6) is 0 Å². The van der Waals surface area contributed by atoms with Gasteiger partial charge in [-0.1, -0.05) is 41.4 Å². The van der Waals surface area contributed by atoms with Gasteiger partial charge in [0.05, 0.1) is 22.5 Å². The van der Waals surface area contributed by atoms with Crippen LogP contribution >= 0.6 is 23.2 Å². The number of rotatable bonds is 6. The van der Waals surface area contributed by atoms with Crippen molar-refractivity contribution in [2.75, 3.05) is 0 Å². The van der Waals surface area contributed by atoms with Gasteiger partial charge in [0.15, 0.2) is 6.10 Å². The maximum absolute atomic E-state index is 12.9. The summed E-state index contributed by atoms with van der Waals surface area (Å²) in [5.41, 5.74) is 1.38. The summed E-state index contributed by atoms with van der Waals surface area (Å²) in [6, 6.07) is 10.3. The van der Waals surface area contributed by atoms with Crippen LogP contribution in [-0.2, 0) is 20.7 Å². The van der Waals surface area contributed by atoms with Crippen molar-refractivity contribution in [3.8, 4) is 0 Å². The van der Waals surface area contributed by atoms with E-state index in [0.717, 1.165) is 5.56 Å². The molecule has 0 aliphatic heterocycles. The Morgan fingerprint density at radius 3 is 2.35 bits per heavy atom. The summed E-state index contributed by atoms with van der Waals surface area (Å²) >= 11 is 11.7. The highest BCUT2D eigenvalue weighted by Crippen LogP contribution is 2.23. The first-order valence-corrected chi connectivity index (χ1v) is 8.71.